The number of aromatic nitrogens is 2. The summed E-state index contributed by atoms with van der Waals surface area (Å²) >= 11 is 1.80. The van der Waals surface area contributed by atoms with Gasteiger partial charge in [-0.05, 0) is 30.9 Å². The van der Waals surface area contributed by atoms with Crippen LogP contribution in [0.3, 0.4) is 0 Å². The third-order valence-corrected chi connectivity index (χ3v) is 3.24. The average molecular weight is 274 g/mol. The molecule has 2 N–H and O–H groups in total. The van der Waals surface area contributed by atoms with Crippen LogP contribution >= 0.6 is 11.8 Å². The first kappa shape index (κ1) is 13.7. The van der Waals surface area contributed by atoms with E-state index in [0.717, 1.165) is 35.1 Å². The minimum atomic E-state index is 0.847. The molecule has 2 aromatic rings. The lowest BCUT2D eigenvalue weighted by Gasteiger charge is -2.02. The van der Waals surface area contributed by atoms with Gasteiger partial charge in [0.25, 0.3) is 0 Å². The van der Waals surface area contributed by atoms with E-state index in [9.17, 15) is 0 Å². The number of thioether (sulfide) groups is 1. The van der Waals surface area contributed by atoms with E-state index in [1.807, 2.05) is 25.3 Å². The molecule has 5 heteroatoms. The quantitative estimate of drug-likeness (QED) is 0.483. The van der Waals surface area contributed by atoms with Crippen molar-refractivity contribution in [2.45, 2.75) is 6.92 Å². The number of benzene rings is 1. The zero-order valence-corrected chi connectivity index (χ0v) is 12.0. The van der Waals surface area contributed by atoms with Crippen molar-refractivity contribution in [2.75, 3.05) is 23.9 Å². The molecule has 0 aliphatic rings. The van der Waals surface area contributed by atoms with Crippen molar-refractivity contribution < 1.29 is 0 Å². The molecule has 1 aromatic heterocycles. The Labute approximate surface area is 117 Å². The van der Waals surface area contributed by atoms with Crippen LogP contribution in [0.4, 0.5) is 5.69 Å². The van der Waals surface area contributed by atoms with E-state index < -0.39 is 0 Å². The first-order valence-corrected chi connectivity index (χ1v) is 7.55. The first-order chi connectivity index (χ1) is 9.29. The molecule has 100 valence electrons. The third kappa shape index (κ3) is 4.13. The normalized spacial score (nSPS) is 11.1. The van der Waals surface area contributed by atoms with Crippen molar-refractivity contribution in [1.29, 1.82) is 0 Å². The molecule has 0 radical (unpaired) electrons. The molecular weight excluding hydrogens is 256 g/mol. The van der Waals surface area contributed by atoms with Crippen molar-refractivity contribution in [2.24, 2.45) is 4.99 Å². The molecule has 0 atom stereocenters. The predicted octanol–water partition coefficient (Wildman–Crippen LogP) is 3.19. The summed E-state index contributed by atoms with van der Waals surface area (Å²) in [6, 6.07) is 8.19. The Hall–Kier alpha value is -1.75. The molecule has 0 spiro atoms. The zero-order chi connectivity index (χ0) is 13.5. The van der Waals surface area contributed by atoms with Gasteiger partial charge < -0.3 is 10.3 Å². The van der Waals surface area contributed by atoms with Crippen LogP contribution in [0.5, 0.6) is 0 Å². The highest BCUT2D eigenvalue weighted by molar-refractivity contribution is 7.98. The number of hydrogen-bond donors (Lipinski definition) is 2. The zero-order valence-electron chi connectivity index (χ0n) is 11.2. The summed E-state index contributed by atoms with van der Waals surface area (Å²) < 4.78 is 0. The number of hydrogen-bond acceptors (Lipinski definition) is 3. The highest BCUT2D eigenvalue weighted by Gasteiger charge is 2.00. The fraction of sp³-hybridized carbons (Fsp3) is 0.286. The Balaban J connectivity index is 1.93. The molecule has 0 saturated carbocycles. The third-order valence-electron chi connectivity index (χ3n) is 2.65. The lowest BCUT2D eigenvalue weighted by molar-refractivity contribution is 1.15. The molecule has 2 rings (SSSR count). The minimum absolute atomic E-state index is 0.847. The second kappa shape index (κ2) is 6.99. The monoisotopic (exact) mass is 274 g/mol. The summed E-state index contributed by atoms with van der Waals surface area (Å²) in [7, 11) is 0. The van der Waals surface area contributed by atoms with Crippen LogP contribution in [0.1, 0.15) is 5.82 Å². The molecule has 0 aliphatic heterocycles. The van der Waals surface area contributed by atoms with E-state index in [2.05, 4.69) is 38.7 Å². The van der Waals surface area contributed by atoms with Crippen LogP contribution in [0.25, 0.3) is 11.3 Å². The number of nitrogens with one attached hydrogen (secondary N) is 2. The molecule has 4 nitrogen and oxygen atoms in total. The van der Waals surface area contributed by atoms with Crippen molar-refractivity contribution in [3.63, 3.8) is 0 Å². The van der Waals surface area contributed by atoms with Gasteiger partial charge in [-0.15, -0.1) is 0 Å². The highest BCUT2D eigenvalue weighted by atomic mass is 32.2. The maximum absolute atomic E-state index is 4.27. The molecule has 0 aliphatic carbocycles. The Morgan fingerprint density at radius 2 is 2.16 bits per heavy atom. The molecular formula is C14H18N4S. The highest BCUT2D eigenvalue weighted by Crippen LogP contribution is 2.19. The Morgan fingerprint density at radius 1 is 1.37 bits per heavy atom. The van der Waals surface area contributed by atoms with E-state index in [4.69, 9.17) is 0 Å². The lowest BCUT2D eigenvalue weighted by Crippen LogP contribution is -1.96. The number of aromatic amines is 1. The summed E-state index contributed by atoms with van der Waals surface area (Å²) in [5.74, 6) is 1.98. The van der Waals surface area contributed by atoms with E-state index in [-0.39, 0.29) is 0 Å². The fourth-order valence-electron chi connectivity index (χ4n) is 1.64. The van der Waals surface area contributed by atoms with Gasteiger partial charge in [-0.1, -0.05) is 12.1 Å². The first-order valence-electron chi connectivity index (χ1n) is 6.15. The summed E-state index contributed by atoms with van der Waals surface area (Å²) in [4.78, 5) is 11.7. The molecule has 0 unspecified atom stereocenters. The van der Waals surface area contributed by atoms with Crippen molar-refractivity contribution >= 4 is 23.8 Å². The van der Waals surface area contributed by atoms with E-state index in [0.29, 0.717) is 0 Å². The van der Waals surface area contributed by atoms with E-state index in [1.165, 1.54) is 0 Å². The number of nitrogens with zero attached hydrogens (tertiary/aromatic N) is 2. The van der Waals surface area contributed by atoms with Gasteiger partial charge in [0.05, 0.1) is 18.2 Å². The average Bonchev–Trinajstić information content (AvgIpc) is 2.86. The number of rotatable bonds is 6. The second-order valence-electron chi connectivity index (χ2n) is 4.13. The van der Waals surface area contributed by atoms with Crippen molar-refractivity contribution in [3.8, 4) is 11.3 Å². The molecule has 1 heterocycles. The Morgan fingerprint density at radius 3 is 2.79 bits per heavy atom. The molecule has 0 amide bonds. The largest absolute Gasteiger partial charge is 0.347 e. The van der Waals surface area contributed by atoms with Gasteiger partial charge in [0.2, 0.25) is 0 Å². The van der Waals surface area contributed by atoms with Crippen LogP contribution in [0, 0.1) is 6.92 Å². The SMILES string of the molecule is CSCCN=CNc1ccc(-c2cnc(C)[nH]2)cc1. The van der Waals surface area contributed by atoms with Gasteiger partial charge in [0.15, 0.2) is 0 Å². The molecule has 0 saturated heterocycles. The maximum atomic E-state index is 4.27. The standard InChI is InChI=1S/C14H18N4S/c1-11-16-9-14(18-11)12-3-5-13(6-4-12)17-10-15-7-8-19-2/h3-6,9-10H,7-8H2,1-2H3,(H,15,17)(H,16,18). The smallest absolute Gasteiger partial charge is 0.103 e. The Kier molecular flexibility index (Phi) is 5.03. The molecule has 1 aromatic carbocycles. The minimum Gasteiger partial charge on any atom is -0.347 e. The van der Waals surface area contributed by atoms with Crippen LogP contribution in [0.15, 0.2) is 35.5 Å². The van der Waals surface area contributed by atoms with Gasteiger partial charge in [-0.25, -0.2) is 4.98 Å². The van der Waals surface area contributed by atoms with Crippen LogP contribution in [-0.4, -0.2) is 34.9 Å². The van der Waals surface area contributed by atoms with Gasteiger partial charge >= 0.3 is 0 Å². The van der Waals surface area contributed by atoms with E-state index >= 15 is 0 Å². The fourth-order valence-corrected chi connectivity index (χ4v) is 1.93. The second-order valence-corrected chi connectivity index (χ2v) is 5.12. The summed E-state index contributed by atoms with van der Waals surface area (Å²) in [5.41, 5.74) is 3.20. The number of aliphatic imine (C=N–C) groups is 1. The number of aryl methyl sites for hydroxylation is 1. The molecule has 0 bridgehead atoms. The maximum Gasteiger partial charge on any atom is 0.103 e. The molecule has 0 fully saturated rings. The predicted molar refractivity (Wildman–Crippen MR) is 84.1 cm³/mol. The number of imidazole rings is 1. The van der Waals surface area contributed by atoms with Gasteiger partial charge in [0.1, 0.15) is 5.82 Å². The van der Waals surface area contributed by atoms with Gasteiger partial charge in [-0.3, -0.25) is 4.99 Å². The summed E-state index contributed by atoms with van der Waals surface area (Å²) in [6.45, 7) is 2.80. The number of H-pyrrole nitrogens is 1. The topological polar surface area (TPSA) is 53.1 Å². The van der Waals surface area contributed by atoms with Gasteiger partial charge in [-0.2, -0.15) is 11.8 Å². The molecule has 19 heavy (non-hydrogen) atoms. The Bertz CT molecular complexity index is 531. The van der Waals surface area contributed by atoms with Crippen LogP contribution in [0.2, 0.25) is 0 Å². The number of anilines is 1. The van der Waals surface area contributed by atoms with Crippen LogP contribution in [-0.2, 0) is 0 Å². The summed E-state index contributed by atoms with van der Waals surface area (Å²) in [5, 5.41) is 3.16. The lowest BCUT2D eigenvalue weighted by atomic mass is 10.1. The van der Waals surface area contributed by atoms with Crippen molar-refractivity contribution in [3.05, 3.63) is 36.3 Å². The van der Waals surface area contributed by atoms with Gasteiger partial charge in [0, 0.05) is 18.0 Å². The van der Waals surface area contributed by atoms with Crippen LogP contribution < -0.4 is 5.32 Å². The summed E-state index contributed by atoms with van der Waals surface area (Å²) in [6.07, 6.45) is 5.69. The van der Waals surface area contributed by atoms with Crippen molar-refractivity contribution in [1.82, 2.24) is 9.97 Å². The van der Waals surface area contributed by atoms with E-state index in [1.54, 1.807) is 18.1 Å².